The molecule has 3 aromatic heterocycles. The molecule has 1 aliphatic rings. The molecule has 0 aliphatic carbocycles. The summed E-state index contributed by atoms with van der Waals surface area (Å²) in [4.78, 5) is 8.76. The lowest BCUT2D eigenvalue weighted by Gasteiger charge is -2.44. The molecule has 1 saturated heterocycles. The maximum absolute atomic E-state index is 10.1. The molecule has 1 aromatic carbocycles. The van der Waals surface area contributed by atoms with Gasteiger partial charge in [-0.25, -0.2) is 9.97 Å². The van der Waals surface area contributed by atoms with Gasteiger partial charge in [-0.15, -0.1) is 0 Å². The van der Waals surface area contributed by atoms with Crippen molar-refractivity contribution in [2.45, 2.75) is 115 Å². The van der Waals surface area contributed by atoms with E-state index in [0.29, 0.717) is 28.1 Å². The number of nitrogens with zero attached hydrogens (tertiary/aromatic N) is 5. The molecule has 2 N–H and O–H groups in total. The monoisotopic (exact) mass is 706 g/mol. The van der Waals surface area contributed by atoms with Crippen molar-refractivity contribution in [2.75, 3.05) is 11.5 Å². The van der Waals surface area contributed by atoms with Crippen LogP contribution in [-0.4, -0.2) is 60.4 Å². The number of nitrogen functional groups attached to an aromatic ring is 1. The summed E-state index contributed by atoms with van der Waals surface area (Å²) in [6.45, 7) is 24.5. The quantitative estimate of drug-likeness (QED) is 0.160. The van der Waals surface area contributed by atoms with Crippen LogP contribution in [0.1, 0.15) is 64.6 Å². The number of rotatable bonds is 10. The molecular formula is C35H50N6O4SSi2. The zero-order chi connectivity index (χ0) is 35.2. The Morgan fingerprint density at radius 3 is 2.21 bits per heavy atom. The van der Waals surface area contributed by atoms with Gasteiger partial charge in [0.05, 0.1) is 22.7 Å². The number of anilines is 1. The normalized spacial score (nSPS) is 20.8. The lowest BCUT2D eigenvalue weighted by atomic mass is 10.1. The molecule has 5 rings (SSSR count). The third-order valence-corrected chi connectivity index (χ3v) is 20.3. The highest BCUT2D eigenvalue weighted by molar-refractivity contribution is 7.98. The highest BCUT2D eigenvalue weighted by Gasteiger charge is 2.54. The summed E-state index contributed by atoms with van der Waals surface area (Å²) in [7, 11) is -4.66. The van der Waals surface area contributed by atoms with Gasteiger partial charge in [0, 0.05) is 28.8 Å². The predicted octanol–water partition coefficient (Wildman–Crippen LogP) is 8.46. The Morgan fingerprint density at radius 2 is 1.60 bits per heavy atom. The van der Waals surface area contributed by atoms with Crippen LogP contribution < -0.4 is 5.73 Å². The first-order chi connectivity index (χ1) is 22.4. The van der Waals surface area contributed by atoms with Gasteiger partial charge in [-0.1, -0.05) is 77.0 Å². The Kier molecular flexibility index (Phi) is 10.1. The van der Waals surface area contributed by atoms with Gasteiger partial charge in [-0.05, 0) is 43.2 Å². The van der Waals surface area contributed by atoms with E-state index in [1.54, 1.807) is 18.0 Å². The number of fused-ring (bicyclic) bond motifs is 1. The zero-order valence-corrected chi connectivity index (χ0v) is 32.9. The van der Waals surface area contributed by atoms with Crippen molar-refractivity contribution in [1.82, 2.24) is 19.7 Å². The van der Waals surface area contributed by atoms with Crippen LogP contribution in [0.5, 0.6) is 0 Å². The molecule has 1 aliphatic heterocycles. The van der Waals surface area contributed by atoms with Gasteiger partial charge in [0.2, 0.25) is 0 Å². The fourth-order valence-corrected chi connectivity index (χ4v) is 9.17. The second kappa shape index (κ2) is 13.4. The van der Waals surface area contributed by atoms with Crippen LogP contribution in [0.15, 0.2) is 47.4 Å². The number of benzene rings is 1. The number of hydrogen-bond acceptors (Lipinski definition) is 10. The van der Waals surface area contributed by atoms with Gasteiger partial charge >= 0.3 is 0 Å². The van der Waals surface area contributed by atoms with Crippen molar-refractivity contribution >= 4 is 45.2 Å². The largest absolute Gasteiger partial charge is 0.408 e. The molecule has 4 aromatic rings. The highest BCUT2D eigenvalue weighted by Crippen LogP contribution is 2.47. The van der Waals surface area contributed by atoms with Crippen LogP contribution in [0, 0.1) is 18.3 Å². The van der Waals surface area contributed by atoms with Crippen LogP contribution in [0.25, 0.3) is 22.4 Å². The number of hydrogen-bond donors (Lipinski definition) is 1. The van der Waals surface area contributed by atoms with Gasteiger partial charge in [-0.2, -0.15) is 17.0 Å². The molecule has 10 nitrogen and oxygen atoms in total. The minimum absolute atomic E-state index is 0.0374. The molecule has 4 heterocycles. The van der Waals surface area contributed by atoms with E-state index < -0.39 is 29.0 Å². The SMILES string of the molecule is Cc1noc(-c2ccccc2)c1CSC[C@H]1O[C@@H](n2cc(C#N)c3c(N)ncnc32)[C@H](O[Si](C)(C)C(C)(C)C)[C@@H]1O[Si](C)(C)C(C)(C)C. The topological polar surface area (TPSA) is 134 Å². The molecule has 13 heteroatoms. The van der Waals surface area contributed by atoms with E-state index in [4.69, 9.17) is 23.8 Å². The molecule has 0 bridgehead atoms. The first-order valence-electron chi connectivity index (χ1n) is 16.5. The molecule has 258 valence electrons. The maximum atomic E-state index is 10.1. The summed E-state index contributed by atoms with van der Waals surface area (Å²) in [6, 6.07) is 12.4. The summed E-state index contributed by atoms with van der Waals surface area (Å²) in [5, 5.41) is 14.8. The molecule has 0 radical (unpaired) electrons. The Morgan fingerprint density at radius 1 is 0.979 bits per heavy atom. The van der Waals surface area contributed by atoms with Gasteiger partial charge < -0.3 is 28.4 Å². The van der Waals surface area contributed by atoms with E-state index in [0.717, 1.165) is 22.6 Å². The average Bonchev–Trinajstić information content (AvgIpc) is 3.66. The Balaban J connectivity index is 1.56. The van der Waals surface area contributed by atoms with Crippen LogP contribution in [-0.2, 0) is 19.3 Å². The second-order valence-corrected chi connectivity index (χ2v) is 26.3. The summed E-state index contributed by atoms with van der Waals surface area (Å²) in [5.74, 6) is 2.39. The van der Waals surface area contributed by atoms with Crippen LogP contribution >= 0.6 is 11.8 Å². The number of aryl methyl sites for hydroxylation is 1. The lowest BCUT2D eigenvalue weighted by molar-refractivity contribution is -0.0244. The van der Waals surface area contributed by atoms with Gasteiger partial charge in [0.1, 0.15) is 36.1 Å². The number of thioether (sulfide) groups is 1. The second-order valence-electron chi connectivity index (χ2n) is 15.7. The average molecular weight is 707 g/mol. The van der Waals surface area contributed by atoms with Gasteiger partial charge in [0.25, 0.3) is 0 Å². The zero-order valence-electron chi connectivity index (χ0n) is 30.1. The van der Waals surface area contributed by atoms with E-state index in [-0.39, 0.29) is 28.1 Å². The number of nitriles is 1. The van der Waals surface area contributed by atoms with E-state index >= 15 is 0 Å². The van der Waals surface area contributed by atoms with Crippen molar-refractivity contribution in [1.29, 1.82) is 5.26 Å². The third-order valence-electron chi connectivity index (χ3n) is 10.3. The molecule has 0 unspecified atom stereocenters. The van der Waals surface area contributed by atoms with E-state index in [2.05, 4.69) is 88.9 Å². The first-order valence-corrected chi connectivity index (χ1v) is 23.4. The van der Waals surface area contributed by atoms with Crippen molar-refractivity contribution in [3.8, 4) is 17.4 Å². The van der Waals surface area contributed by atoms with Gasteiger partial charge in [-0.3, -0.25) is 0 Å². The van der Waals surface area contributed by atoms with Gasteiger partial charge in [0.15, 0.2) is 28.6 Å². The smallest absolute Gasteiger partial charge is 0.192 e. The van der Waals surface area contributed by atoms with E-state index in [1.165, 1.54) is 6.33 Å². The minimum atomic E-state index is -2.35. The molecule has 4 atom stereocenters. The number of ether oxygens (including phenoxy) is 1. The first kappa shape index (κ1) is 36.3. The molecule has 0 saturated carbocycles. The van der Waals surface area contributed by atoms with Crippen molar-refractivity contribution in [3.05, 3.63) is 59.7 Å². The van der Waals surface area contributed by atoms with E-state index in [1.807, 2.05) is 41.8 Å². The van der Waals surface area contributed by atoms with Crippen molar-refractivity contribution in [3.63, 3.8) is 0 Å². The predicted molar refractivity (Wildman–Crippen MR) is 198 cm³/mol. The molecule has 1 fully saturated rings. The lowest BCUT2D eigenvalue weighted by Crippen LogP contribution is -2.53. The third kappa shape index (κ3) is 7.01. The molecule has 0 amide bonds. The summed E-state index contributed by atoms with van der Waals surface area (Å²) < 4.78 is 29.4. The van der Waals surface area contributed by atoms with Crippen LogP contribution in [0.3, 0.4) is 0 Å². The molecule has 0 spiro atoms. The number of aromatic nitrogens is 4. The Labute approximate surface area is 291 Å². The molecule has 48 heavy (non-hydrogen) atoms. The van der Waals surface area contributed by atoms with Crippen molar-refractivity contribution in [2.24, 2.45) is 0 Å². The Bertz CT molecular complexity index is 1790. The summed E-state index contributed by atoms with van der Waals surface area (Å²) in [6.07, 6.45) is 1.46. The van der Waals surface area contributed by atoms with Crippen LogP contribution in [0.2, 0.25) is 36.3 Å². The summed E-state index contributed by atoms with van der Waals surface area (Å²) in [5.41, 5.74) is 10.2. The molecular weight excluding hydrogens is 657 g/mol. The minimum Gasteiger partial charge on any atom is -0.408 e. The number of nitrogens with two attached hydrogens (primary N) is 1. The summed E-state index contributed by atoms with van der Waals surface area (Å²) >= 11 is 1.77. The van der Waals surface area contributed by atoms with Crippen molar-refractivity contribution < 1.29 is 18.1 Å². The van der Waals surface area contributed by atoms with E-state index in [9.17, 15) is 5.26 Å². The fraction of sp³-hybridized carbons (Fsp3) is 0.543. The Hall–Kier alpha value is -3.00. The standard InChI is InChI=1S/C35H50N6O4SSi2/c1-22-25(28(43-40-22)23-15-13-12-14-16-23)19-46-20-26-29(44-47(8,9)34(2,3)4)30(45-48(10,11)35(5,6)7)33(42-26)41-18-24(17-36)27-31(37)38-21-39-32(27)41/h12-16,18,21,26,29-30,33H,19-20H2,1-11H3,(H2,37,38,39)/t26-,29-,30-,33-/m1/s1. The highest BCUT2D eigenvalue weighted by atomic mass is 32.2. The maximum Gasteiger partial charge on any atom is 0.192 e. The fourth-order valence-electron chi connectivity index (χ4n) is 5.41. The van der Waals surface area contributed by atoms with Crippen LogP contribution in [0.4, 0.5) is 5.82 Å².